The van der Waals surface area contributed by atoms with E-state index in [2.05, 4.69) is 19.4 Å². The smallest absolute Gasteiger partial charge is 0.387 e. The average Bonchev–Trinajstić information content (AvgIpc) is 3.02. The Hall–Kier alpha value is -2.75. The number of imidazole rings is 1. The summed E-state index contributed by atoms with van der Waals surface area (Å²) >= 11 is 0. The van der Waals surface area contributed by atoms with Crippen LogP contribution in [0.1, 0.15) is 16.7 Å². The van der Waals surface area contributed by atoms with Crippen LogP contribution in [0.15, 0.2) is 35.6 Å². The molecule has 7 nitrogen and oxygen atoms in total. The molecule has 1 aromatic carbocycles. The van der Waals surface area contributed by atoms with Crippen molar-refractivity contribution in [2.24, 2.45) is 0 Å². The highest BCUT2D eigenvalue weighted by molar-refractivity contribution is 7.84. The summed E-state index contributed by atoms with van der Waals surface area (Å²) in [6.07, 6.45) is -0.817. The largest absolute Gasteiger partial charge is 0.493 e. The second-order valence-corrected chi connectivity index (χ2v) is 6.03. The first-order valence-corrected chi connectivity index (χ1v) is 8.10. The molecule has 0 saturated carbocycles. The molecule has 0 aliphatic heterocycles. The first-order valence-electron chi connectivity index (χ1n) is 11.2. The second kappa shape index (κ2) is 7.65. The van der Waals surface area contributed by atoms with Crippen molar-refractivity contribution >= 4 is 21.8 Å². The summed E-state index contributed by atoms with van der Waals surface area (Å²) in [5, 5.41) is -0.407. The molecule has 3 rings (SSSR count). The third kappa shape index (κ3) is 3.74. The Kier molecular flexibility index (Phi) is 2.89. The molecule has 1 N–H and O–H groups in total. The number of H-pyrrole nitrogens is 1. The Labute approximate surface area is 162 Å². The van der Waals surface area contributed by atoms with Gasteiger partial charge < -0.3 is 19.2 Å². The summed E-state index contributed by atoms with van der Waals surface area (Å²) in [7, 11) is -8.59. The van der Waals surface area contributed by atoms with Crippen molar-refractivity contribution in [3.63, 3.8) is 0 Å². The van der Waals surface area contributed by atoms with Crippen molar-refractivity contribution in [3.05, 3.63) is 36.1 Å². The van der Waals surface area contributed by atoms with Gasteiger partial charge in [-0.05, 0) is 12.1 Å². The van der Waals surface area contributed by atoms with Crippen LogP contribution in [0, 0.1) is 0 Å². The normalized spacial score (nSPS) is 18.3. The highest BCUT2D eigenvalue weighted by Crippen LogP contribution is 2.30. The topological polar surface area (TPSA) is 86.3 Å². The maximum atomic E-state index is 13.0. The Bertz CT molecular complexity index is 1280. The van der Waals surface area contributed by atoms with E-state index in [0.29, 0.717) is 4.98 Å². The first kappa shape index (κ1) is 9.81. The Morgan fingerprint density at radius 3 is 3.04 bits per heavy atom. The van der Waals surface area contributed by atoms with Gasteiger partial charge in [-0.3, -0.25) is 9.19 Å². The lowest BCUT2D eigenvalue weighted by atomic mass is 10.3. The van der Waals surface area contributed by atoms with Crippen molar-refractivity contribution in [1.29, 1.82) is 0 Å². The molecule has 0 aliphatic rings. The van der Waals surface area contributed by atoms with Gasteiger partial charge in [0.15, 0.2) is 18.1 Å². The lowest BCUT2D eigenvalue weighted by Gasteiger charge is -2.10. The Balaban J connectivity index is 2.06. The zero-order chi connectivity index (χ0) is 26.3. The van der Waals surface area contributed by atoms with E-state index >= 15 is 0 Å². The molecular formula is C16H15F2N3O4S. The fourth-order valence-electron chi connectivity index (χ4n) is 2.04. The number of pyridine rings is 1. The van der Waals surface area contributed by atoms with Gasteiger partial charge in [0, 0.05) is 18.3 Å². The Morgan fingerprint density at radius 2 is 2.27 bits per heavy atom. The molecule has 10 heteroatoms. The minimum absolute atomic E-state index is 0.0115. The van der Waals surface area contributed by atoms with Crippen molar-refractivity contribution in [1.82, 2.24) is 14.9 Å². The molecule has 0 spiro atoms. The predicted molar refractivity (Wildman–Crippen MR) is 90.2 cm³/mol. The van der Waals surface area contributed by atoms with Gasteiger partial charge >= 0.3 is 6.61 Å². The predicted octanol–water partition coefficient (Wildman–Crippen LogP) is 2.88. The summed E-state index contributed by atoms with van der Waals surface area (Å²) < 4.78 is 119. The SMILES string of the molecule is [2H]c1nc(CS(=O)c2nc3cc(OC(F)F)ccc3n2[2H])c(OC([2H])([2H])[2H])c(OC([2H])([2H])[2H])c1[2H]. The van der Waals surface area contributed by atoms with Crippen LogP contribution in [0.3, 0.4) is 0 Å². The monoisotopic (exact) mass is 392 g/mol. The number of fused-ring (bicyclic) bond motifs is 1. The fourth-order valence-corrected chi connectivity index (χ4v) is 3.02. The highest BCUT2D eigenvalue weighted by Gasteiger charge is 2.17. The standard InChI is InChI=1S/C16H15F2N3O4S/c1-23-13-5-6-19-12(14(13)24-2)8-26(22)16-20-10-4-3-9(25-15(17)18)7-11(10)21-16/h3-7,15H,8H2,1-2H3,(H,20,21)/i1D3,2D3,5D,6D/hD. The molecule has 0 saturated heterocycles. The maximum Gasteiger partial charge on any atom is 0.387 e. The highest BCUT2D eigenvalue weighted by atomic mass is 32.2. The van der Waals surface area contributed by atoms with Crippen molar-refractivity contribution < 1.29 is 39.6 Å². The molecule has 2 heterocycles. The van der Waals surface area contributed by atoms with E-state index in [1.165, 1.54) is 6.07 Å². The van der Waals surface area contributed by atoms with Crippen LogP contribution in [0.25, 0.3) is 11.0 Å². The maximum absolute atomic E-state index is 13.0. The number of hydrogen-bond acceptors (Lipinski definition) is 6. The van der Waals surface area contributed by atoms with Crippen LogP contribution < -0.4 is 14.2 Å². The van der Waals surface area contributed by atoms with Crippen LogP contribution in [-0.4, -0.2) is 39.8 Å². The number of methoxy groups -OCH3 is 2. The molecule has 2 aromatic heterocycles. The van der Waals surface area contributed by atoms with Crippen molar-refractivity contribution in [2.75, 3.05) is 14.1 Å². The Morgan fingerprint density at radius 1 is 1.42 bits per heavy atom. The zero-order valence-corrected chi connectivity index (χ0v) is 13.5. The quantitative estimate of drug-likeness (QED) is 0.665. The lowest BCUT2D eigenvalue weighted by molar-refractivity contribution is -0.0497. The van der Waals surface area contributed by atoms with Crippen LogP contribution >= 0.6 is 0 Å². The molecule has 0 bridgehead atoms. The number of aromatic amines is 1. The van der Waals surface area contributed by atoms with Gasteiger partial charge in [0.05, 0.1) is 58.3 Å². The van der Waals surface area contributed by atoms with E-state index in [1.54, 1.807) is 0 Å². The second-order valence-electron chi connectivity index (χ2n) is 4.68. The molecule has 1 atom stereocenters. The van der Waals surface area contributed by atoms with Crippen LogP contribution in [-0.2, 0) is 16.6 Å². The number of rotatable bonds is 7. The number of halogens is 2. The molecule has 0 amide bonds. The number of nitrogens with zero attached hydrogens (tertiary/aromatic N) is 2. The third-order valence-corrected chi connectivity index (χ3v) is 4.23. The number of aromatic nitrogens is 3. The van der Waals surface area contributed by atoms with Crippen LogP contribution in [0.2, 0.25) is 1.41 Å². The van der Waals surface area contributed by atoms with Gasteiger partial charge in [0.25, 0.3) is 0 Å². The van der Waals surface area contributed by atoms with E-state index < -0.39 is 71.8 Å². The minimum atomic E-state index is -3.16. The van der Waals surface area contributed by atoms with E-state index in [4.69, 9.17) is 17.1 Å². The fraction of sp³-hybridized carbons (Fsp3) is 0.250. The van der Waals surface area contributed by atoms with Gasteiger partial charge in [-0.25, -0.2) is 4.98 Å². The molecule has 0 fully saturated rings. The molecule has 0 aliphatic carbocycles. The van der Waals surface area contributed by atoms with Crippen LogP contribution in [0.5, 0.6) is 17.2 Å². The van der Waals surface area contributed by atoms with E-state index in [-0.39, 0.29) is 16.8 Å². The third-order valence-electron chi connectivity index (χ3n) is 3.11. The van der Waals surface area contributed by atoms with Crippen LogP contribution in [0.4, 0.5) is 8.78 Å². The number of ether oxygens (including phenoxy) is 3. The van der Waals surface area contributed by atoms with Gasteiger partial charge in [-0.15, -0.1) is 0 Å². The van der Waals surface area contributed by atoms with Gasteiger partial charge in [-0.1, -0.05) is 0 Å². The van der Waals surface area contributed by atoms with Gasteiger partial charge in [0.1, 0.15) is 5.75 Å². The zero-order valence-electron chi connectivity index (χ0n) is 21.7. The molecule has 26 heavy (non-hydrogen) atoms. The van der Waals surface area contributed by atoms with Crippen molar-refractivity contribution in [2.45, 2.75) is 17.5 Å². The molecule has 1 unspecified atom stereocenters. The number of hydrogen-bond donors (Lipinski definition) is 1. The summed E-state index contributed by atoms with van der Waals surface area (Å²) in [5.41, 5.74) is -0.438. The van der Waals surface area contributed by atoms with E-state index in [0.717, 1.165) is 12.1 Å². The van der Waals surface area contributed by atoms with Gasteiger partial charge in [0.2, 0.25) is 0 Å². The number of nitrogens with one attached hydrogen (secondary N) is 1. The molecule has 0 radical (unpaired) electrons. The summed E-state index contributed by atoms with van der Waals surface area (Å²) in [4.78, 5) is 8.30. The number of benzene rings is 1. The molecule has 138 valence electrons. The minimum Gasteiger partial charge on any atom is -0.493 e. The molecule has 3 aromatic rings. The van der Waals surface area contributed by atoms with E-state index in [1.807, 2.05) is 0 Å². The average molecular weight is 392 g/mol. The summed E-state index contributed by atoms with van der Waals surface area (Å²) in [6.45, 7) is -3.10. The first-order chi connectivity index (χ1) is 16.1. The molecular weight excluding hydrogens is 368 g/mol. The van der Waals surface area contributed by atoms with E-state index in [9.17, 15) is 13.0 Å². The number of alkyl halides is 2. The lowest BCUT2D eigenvalue weighted by Crippen LogP contribution is -2.04. The van der Waals surface area contributed by atoms with Crippen molar-refractivity contribution in [3.8, 4) is 17.2 Å². The summed E-state index contributed by atoms with van der Waals surface area (Å²) in [5.74, 6) is -2.73. The summed E-state index contributed by atoms with van der Waals surface area (Å²) in [6, 6.07) is 2.59. The van der Waals surface area contributed by atoms with Gasteiger partial charge in [-0.2, -0.15) is 8.78 Å².